The highest BCUT2D eigenvalue weighted by molar-refractivity contribution is 5.79. The number of nitrogens with two attached hydrogens (primary N) is 1. The van der Waals surface area contributed by atoms with Gasteiger partial charge < -0.3 is 14.8 Å². The topological polar surface area (TPSA) is 80.9 Å². The van der Waals surface area contributed by atoms with Gasteiger partial charge in [-0.25, -0.2) is 10.8 Å². The van der Waals surface area contributed by atoms with Gasteiger partial charge in [-0.15, -0.1) is 0 Å². The Hall–Kier alpha value is -0.850. The number of guanidine groups is 1. The van der Waals surface area contributed by atoms with Crippen molar-refractivity contribution in [1.29, 1.82) is 0 Å². The maximum absolute atomic E-state index is 5.75. The third-order valence-corrected chi connectivity index (χ3v) is 3.31. The molecule has 0 aromatic rings. The molecule has 0 aromatic heterocycles. The van der Waals surface area contributed by atoms with Crippen molar-refractivity contribution < 1.29 is 9.47 Å². The number of ether oxygens (including phenoxy) is 2. The van der Waals surface area contributed by atoms with Crippen molar-refractivity contribution in [2.24, 2.45) is 10.8 Å². The van der Waals surface area contributed by atoms with Gasteiger partial charge in [-0.1, -0.05) is 0 Å². The molecule has 0 spiro atoms. The molecule has 2 rings (SSSR count). The normalized spacial score (nSPS) is 33.8. The molecule has 6 heteroatoms. The van der Waals surface area contributed by atoms with E-state index in [0.717, 1.165) is 12.8 Å². The predicted molar refractivity (Wildman–Crippen MR) is 65.5 cm³/mol. The number of hydrogen-bond donors (Lipinski definition) is 3. The maximum atomic E-state index is 5.75. The van der Waals surface area contributed by atoms with Crippen LogP contribution in [0.15, 0.2) is 4.99 Å². The number of nitrogens with one attached hydrogen (secondary N) is 2. The molecule has 2 bridgehead atoms. The number of hydrazine groups is 1. The van der Waals surface area contributed by atoms with Gasteiger partial charge in [0.25, 0.3) is 0 Å². The summed E-state index contributed by atoms with van der Waals surface area (Å²) in [7, 11) is 1.68. The second-order valence-corrected chi connectivity index (χ2v) is 4.80. The van der Waals surface area contributed by atoms with Crippen molar-refractivity contribution in [2.45, 2.75) is 50.5 Å². The van der Waals surface area contributed by atoms with Gasteiger partial charge in [0.2, 0.25) is 5.96 Å². The standard InChI is InChI=1S/C11H22N4O2/c1-7(6-16-2)13-11(15-12)14-9-5-8-3-4-10(9)17-8/h7-10H,3-6,12H2,1-2H3,(H2,13,14,15). The van der Waals surface area contributed by atoms with E-state index in [1.807, 2.05) is 6.92 Å². The van der Waals surface area contributed by atoms with Crippen LogP contribution in [0.2, 0.25) is 0 Å². The second kappa shape index (κ2) is 5.66. The van der Waals surface area contributed by atoms with E-state index in [0.29, 0.717) is 18.7 Å². The molecule has 0 aliphatic carbocycles. The third-order valence-electron chi connectivity index (χ3n) is 3.31. The van der Waals surface area contributed by atoms with E-state index in [2.05, 4.69) is 15.7 Å². The van der Waals surface area contributed by atoms with Crippen LogP contribution in [0.5, 0.6) is 0 Å². The number of methoxy groups -OCH3 is 1. The van der Waals surface area contributed by atoms with Crippen LogP contribution in [0, 0.1) is 0 Å². The molecular weight excluding hydrogens is 220 g/mol. The molecule has 6 nitrogen and oxygen atoms in total. The summed E-state index contributed by atoms with van der Waals surface area (Å²) in [5.74, 6) is 6.09. The molecular formula is C11H22N4O2. The zero-order valence-electron chi connectivity index (χ0n) is 10.5. The Morgan fingerprint density at radius 3 is 2.94 bits per heavy atom. The van der Waals surface area contributed by atoms with Gasteiger partial charge in [0, 0.05) is 13.2 Å². The number of aliphatic imine (C=N–C) groups is 1. The fourth-order valence-electron chi connectivity index (χ4n) is 2.55. The molecule has 98 valence electrons. The van der Waals surface area contributed by atoms with Crippen LogP contribution in [-0.2, 0) is 9.47 Å². The lowest BCUT2D eigenvalue weighted by Gasteiger charge is -2.19. The van der Waals surface area contributed by atoms with Crippen LogP contribution >= 0.6 is 0 Å². The summed E-state index contributed by atoms with van der Waals surface area (Å²) in [4.78, 5) is 4.59. The average Bonchev–Trinajstić information content (AvgIpc) is 2.90. The average molecular weight is 242 g/mol. The molecule has 2 saturated heterocycles. The largest absolute Gasteiger partial charge is 0.383 e. The fraction of sp³-hybridized carbons (Fsp3) is 0.909. The monoisotopic (exact) mass is 242 g/mol. The van der Waals surface area contributed by atoms with E-state index < -0.39 is 0 Å². The molecule has 17 heavy (non-hydrogen) atoms. The zero-order chi connectivity index (χ0) is 12.3. The van der Waals surface area contributed by atoms with Gasteiger partial charge in [-0.3, -0.25) is 5.43 Å². The lowest BCUT2D eigenvalue weighted by atomic mass is 9.96. The number of nitrogens with zero attached hydrogens (tertiary/aromatic N) is 1. The lowest BCUT2D eigenvalue weighted by Crippen LogP contribution is -2.47. The Kier molecular flexibility index (Phi) is 4.20. The molecule has 2 aliphatic heterocycles. The van der Waals surface area contributed by atoms with Crippen LogP contribution in [0.4, 0.5) is 0 Å². The Labute approximate surface area is 102 Å². The van der Waals surface area contributed by atoms with Gasteiger partial charge in [-0.2, -0.15) is 0 Å². The van der Waals surface area contributed by atoms with Crippen LogP contribution in [-0.4, -0.2) is 44.0 Å². The quantitative estimate of drug-likeness (QED) is 0.274. The summed E-state index contributed by atoms with van der Waals surface area (Å²) in [5.41, 5.74) is 2.61. The Bertz CT molecular complexity index is 285. The maximum Gasteiger partial charge on any atom is 0.206 e. The third kappa shape index (κ3) is 3.08. The summed E-state index contributed by atoms with van der Waals surface area (Å²) in [5, 5.41) is 3.19. The molecule has 2 heterocycles. The van der Waals surface area contributed by atoms with Crippen LogP contribution < -0.4 is 16.6 Å². The van der Waals surface area contributed by atoms with E-state index in [4.69, 9.17) is 15.3 Å². The lowest BCUT2D eigenvalue weighted by molar-refractivity contribution is 0.101. The van der Waals surface area contributed by atoms with E-state index in [9.17, 15) is 0 Å². The molecule has 0 radical (unpaired) electrons. The number of hydrogen-bond acceptors (Lipinski definition) is 4. The van der Waals surface area contributed by atoms with Crippen molar-refractivity contribution in [1.82, 2.24) is 10.7 Å². The van der Waals surface area contributed by atoms with Gasteiger partial charge >= 0.3 is 0 Å². The highest BCUT2D eigenvalue weighted by Gasteiger charge is 2.40. The first kappa shape index (κ1) is 12.6. The molecule has 4 atom stereocenters. The molecule has 2 fully saturated rings. The van der Waals surface area contributed by atoms with Crippen molar-refractivity contribution >= 4 is 5.96 Å². The van der Waals surface area contributed by atoms with E-state index >= 15 is 0 Å². The van der Waals surface area contributed by atoms with E-state index in [1.165, 1.54) is 6.42 Å². The highest BCUT2D eigenvalue weighted by atomic mass is 16.5. The Morgan fingerprint density at radius 1 is 1.59 bits per heavy atom. The first-order chi connectivity index (χ1) is 8.22. The fourth-order valence-corrected chi connectivity index (χ4v) is 2.55. The minimum Gasteiger partial charge on any atom is -0.383 e. The zero-order valence-corrected chi connectivity index (χ0v) is 10.5. The van der Waals surface area contributed by atoms with E-state index in [-0.39, 0.29) is 18.2 Å². The summed E-state index contributed by atoms with van der Waals surface area (Å²) in [6, 6.07) is 0.413. The smallest absolute Gasteiger partial charge is 0.206 e. The Morgan fingerprint density at radius 2 is 2.41 bits per heavy atom. The van der Waals surface area contributed by atoms with Crippen molar-refractivity contribution in [3.63, 3.8) is 0 Å². The Balaban J connectivity index is 1.88. The number of fused-ring (bicyclic) bond motifs is 2. The first-order valence-electron chi connectivity index (χ1n) is 6.18. The molecule has 0 aromatic carbocycles. The summed E-state index contributed by atoms with van der Waals surface area (Å²) in [6.07, 6.45) is 3.99. The van der Waals surface area contributed by atoms with Crippen LogP contribution in [0.3, 0.4) is 0 Å². The highest BCUT2D eigenvalue weighted by Crippen LogP contribution is 2.36. The second-order valence-electron chi connectivity index (χ2n) is 4.80. The van der Waals surface area contributed by atoms with Crippen LogP contribution in [0.1, 0.15) is 26.2 Å². The number of rotatable bonds is 4. The molecule has 0 amide bonds. The summed E-state index contributed by atoms with van der Waals surface area (Å²) < 4.78 is 10.8. The molecule has 4 unspecified atom stereocenters. The molecule has 2 aliphatic rings. The minimum absolute atomic E-state index is 0.175. The van der Waals surface area contributed by atoms with Crippen molar-refractivity contribution in [2.75, 3.05) is 13.7 Å². The van der Waals surface area contributed by atoms with Crippen molar-refractivity contribution in [3.8, 4) is 0 Å². The summed E-state index contributed by atoms with van der Waals surface area (Å²) >= 11 is 0. The SMILES string of the molecule is COCC(C)NC(=NC1CC2CCC1O2)NN. The van der Waals surface area contributed by atoms with Crippen LogP contribution in [0.25, 0.3) is 0 Å². The predicted octanol–water partition coefficient (Wildman–Crippen LogP) is -0.250. The minimum atomic E-state index is 0.175. The van der Waals surface area contributed by atoms with E-state index in [1.54, 1.807) is 7.11 Å². The van der Waals surface area contributed by atoms with Gasteiger partial charge in [-0.05, 0) is 26.2 Å². The molecule has 4 N–H and O–H groups in total. The van der Waals surface area contributed by atoms with Crippen molar-refractivity contribution in [3.05, 3.63) is 0 Å². The van der Waals surface area contributed by atoms with Gasteiger partial charge in [0.05, 0.1) is 24.9 Å². The first-order valence-corrected chi connectivity index (χ1v) is 6.18. The van der Waals surface area contributed by atoms with Gasteiger partial charge in [0.1, 0.15) is 0 Å². The van der Waals surface area contributed by atoms with Gasteiger partial charge in [0.15, 0.2) is 0 Å². The summed E-state index contributed by atoms with van der Waals surface area (Å²) in [6.45, 7) is 2.64. The molecule has 0 saturated carbocycles.